The fraction of sp³-hybridized carbons (Fsp3) is 0.385. The number of carbonyl (C=O) groups excluding carboxylic acids is 1. The van der Waals surface area contributed by atoms with Crippen molar-refractivity contribution in [3.05, 3.63) is 54.6 Å². The Labute approximate surface area is 188 Å². The molecule has 3 atom stereocenters. The van der Waals surface area contributed by atoms with E-state index in [4.69, 9.17) is 9.72 Å². The highest BCUT2D eigenvalue weighted by Gasteiger charge is 2.25. The molecule has 0 radical (unpaired) electrons. The maximum Gasteiger partial charge on any atom is 0.233 e. The number of amides is 1. The van der Waals surface area contributed by atoms with Crippen LogP contribution in [0.4, 0.5) is 0 Å². The van der Waals surface area contributed by atoms with E-state index in [2.05, 4.69) is 36.5 Å². The number of rotatable bonds is 6. The van der Waals surface area contributed by atoms with E-state index in [0.717, 1.165) is 39.2 Å². The molecular formula is C26H30N2O2S. The van der Waals surface area contributed by atoms with Gasteiger partial charge in [0.25, 0.3) is 0 Å². The summed E-state index contributed by atoms with van der Waals surface area (Å²) in [6, 6.07) is 18.7. The molecular weight excluding hydrogens is 404 g/mol. The lowest BCUT2D eigenvalue weighted by molar-refractivity contribution is -0.121. The van der Waals surface area contributed by atoms with Crippen molar-refractivity contribution < 1.29 is 9.53 Å². The summed E-state index contributed by atoms with van der Waals surface area (Å²) in [5.74, 6) is 1.42. The minimum absolute atomic E-state index is 0.0950. The molecule has 1 amide bonds. The molecule has 0 saturated heterocycles. The molecule has 1 aliphatic rings. The van der Waals surface area contributed by atoms with Gasteiger partial charge in [-0.2, -0.15) is 0 Å². The topological polar surface area (TPSA) is 51.2 Å². The van der Waals surface area contributed by atoms with Crippen LogP contribution >= 0.6 is 11.8 Å². The SMILES string of the molecule is COc1ccc2c(-c3ccccc3)cc(S[C@H](C)C(=O)N[C@@H]3CCCC[C@H]3C)nc2c1. The number of methoxy groups -OCH3 is 1. The molecule has 1 saturated carbocycles. The van der Waals surface area contributed by atoms with Gasteiger partial charge < -0.3 is 10.1 Å². The first-order chi connectivity index (χ1) is 15.0. The number of carbonyl (C=O) groups is 1. The molecule has 0 unspecified atom stereocenters. The van der Waals surface area contributed by atoms with Gasteiger partial charge in [0.05, 0.1) is 22.9 Å². The molecule has 1 N–H and O–H groups in total. The molecule has 2 aromatic carbocycles. The monoisotopic (exact) mass is 434 g/mol. The van der Waals surface area contributed by atoms with Crippen LogP contribution in [-0.4, -0.2) is 29.3 Å². The lowest BCUT2D eigenvalue weighted by Crippen LogP contribution is -2.44. The molecule has 0 spiro atoms. The van der Waals surface area contributed by atoms with E-state index >= 15 is 0 Å². The number of aromatic nitrogens is 1. The van der Waals surface area contributed by atoms with Gasteiger partial charge >= 0.3 is 0 Å². The van der Waals surface area contributed by atoms with Crippen LogP contribution < -0.4 is 10.1 Å². The molecule has 0 aliphatic heterocycles. The first kappa shape index (κ1) is 21.7. The molecule has 31 heavy (non-hydrogen) atoms. The quantitative estimate of drug-likeness (QED) is 0.477. The van der Waals surface area contributed by atoms with E-state index in [-0.39, 0.29) is 17.2 Å². The number of ether oxygens (including phenoxy) is 1. The Kier molecular flexibility index (Phi) is 6.81. The number of fused-ring (bicyclic) bond motifs is 1. The van der Waals surface area contributed by atoms with Gasteiger partial charge in [0.2, 0.25) is 5.91 Å². The van der Waals surface area contributed by atoms with E-state index < -0.39 is 0 Å². The lowest BCUT2D eigenvalue weighted by Gasteiger charge is -2.30. The van der Waals surface area contributed by atoms with Crippen molar-refractivity contribution in [2.45, 2.75) is 55.8 Å². The Balaban J connectivity index is 1.61. The van der Waals surface area contributed by atoms with Gasteiger partial charge in [0.15, 0.2) is 0 Å². The van der Waals surface area contributed by atoms with Crippen molar-refractivity contribution in [1.82, 2.24) is 10.3 Å². The molecule has 3 aromatic rings. The lowest BCUT2D eigenvalue weighted by atomic mass is 9.86. The Morgan fingerprint density at radius 2 is 1.90 bits per heavy atom. The Morgan fingerprint density at radius 1 is 1.13 bits per heavy atom. The summed E-state index contributed by atoms with van der Waals surface area (Å²) in [5.41, 5.74) is 3.12. The molecule has 162 valence electrons. The molecule has 0 bridgehead atoms. The van der Waals surface area contributed by atoms with E-state index in [1.165, 1.54) is 31.0 Å². The molecule has 1 heterocycles. The summed E-state index contributed by atoms with van der Waals surface area (Å²) in [4.78, 5) is 17.8. The van der Waals surface area contributed by atoms with E-state index in [1.54, 1.807) is 7.11 Å². The molecule has 5 heteroatoms. The molecule has 1 fully saturated rings. The summed E-state index contributed by atoms with van der Waals surface area (Å²) in [5, 5.41) is 4.99. The fourth-order valence-corrected chi connectivity index (χ4v) is 5.17. The van der Waals surface area contributed by atoms with Crippen molar-refractivity contribution in [3.8, 4) is 16.9 Å². The number of benzene rings is 2. The third kappa shape index (κ3) is 5.04. The second-order valence-corrected chi connectivity index (χ2v) is 9.76. The predicted molar refractivity (Wildman–Crippen MR) is 129 cm³/mol. The number of pyridine rings is 1. The van der Waals surface area contributed by atoms with Crippen molar-refractivity contribution >= 4 is 28.6 Å². The standard InChI is InChI=1S/C26H30N2O2S/c1-17-9-7-8-12-23(17)28-26(29)18(2)31-25-16-22(19-10-5-4-6-11-19)21-14-13-20(30-3)15-24(21)27-25/h4-6,10-11,13-18,23H,7-9,12H2,1-3H3,(H,28,29)/t17-,18-,23-/m1/s1. The smallest absolute Gasteiger partial charge is 0.233 e. The van der Waals surface area contributed by atoms with E-state index in [1.807, 2.05) is 37.3 Å². The van der Waals surface area contributed by atoms with Crippen molar-refractivity contribution in [2.24, 2.45) is 5.92 Å². The van der Waals surface area contributed by atoms with Gasteiger partial charge in [-0.25, -0.2) is 4.98 Å². The Bertz CT molecular complexity index is 1050. The van der Waals surface area contributed by atoms with Crippen LogP contribution in [0.1, 0.15) is 39.5 Å². The van der Waals surface area contributed by atoms with Crippen LogP contribution in [0.5, 0.6) is 5.75 Å². The molecule has 4 nitrogen and oxygen atoms in total. The van der Waals surface area contributed by atoms with Crippen LogP contribution in [0.2, 0.25) is 0 Å². The highest BCUT2D eigenvalue weighted by Crippen LogP contribution is 2.34. The van der Waals surface area contributed by atoms with Crippen LogP contribution in [-0.2, 0) is 4.79 Å². The minimum Gasteiger partial charge on any atom is -0.497 e. The Morgan fingerprint density at radius 3 is 2.65 bits per heavy atom. The zero-order chi connectivity index (χ0) is 21.8. The highest BCUT2D eigenvalue weighted by atomic mass is 32.2. The second kappa shape index (κ2) is 9.73. The molecule has 4 rings (SSSR count). The summed E-state index contributed by atoms with van der Waals surface area (Å²) < 4.78 is 5.41. The number of hydrogen-bond acceptors (Lipinski definition) is 4. The van der Waals surface area contributed by atoms with Crippen LogP contribution in [0, 0.1) is 5.92 Å². The fourth-order valence-electron chi connectivity index (χ4n) is 4.29. The maximum absolute atomic E-state index is 12.9. The number of nitrogens with one attached hydrogen (secondary N) is 1. The van der Waals surface area contributed by atoms with Crippen molar-refractivity contribution in [2.75, 3.05) is 7.11 Å². The average Bonchev–Trinajstić information content (AvgIpc) is 2.80. The minimum atomic E-state index is -0.215. The molecule has 1 aliphatic carbocycles. The third-order valence-electron chi connectivity index (χ3n) is 6.18. The van der Waals surface area contributed by atoms with Gasteiger partial charge in [-0.1, -0.05) is 61.9 Å². The Hall–Kier alpha value is -2.53. The first-order valence-corrected chi connectivity index (χ1v) is 11.9. The highest BCUT2D eigenvalue weighted by molar-refractivity contribution is 8.00. The van der Waals surface area contributed by atoms with Gasteiger partial charge in [-0.3, -0.25) is 4.79 Å². The van der Waals surface area contributed by atoms with Crippen LogP contribution in [0.3, 0.4) is 0 Å². The maximum atomic E-state index is 12.9. The molecule has 1 aromatic heterocycles. The van der Waals surface area contributed by atoms with Gasteiger partial charge in [-0.05, 0) is 55.0 Å². The number of nitrogens with zero attached hydrogens (tertiary/aromatic N) is 1. The summed E-state index contributed by atoms with van der Waals surface area (Å²) in [7, 11) is 1.66. The predicted octanol–water partition coefficient (Wildman–Crippen LogP) is 6.09. The summed E-state index contributed by atoms with van der Waals surface area (Å²) >= 11 is 1.51. The largest absolute Gasteiger partial charge is 0.497 e. The van der Waals surface area contributed by atoms with E-state index in [0.29, 0.717) is 5.92 Å². The zero-order valence-corrected chi connectivity index (χ0v) is 19.2. The zero-order valence-electron chi connectivity index (χ0n) is 18.4. The number of thioether (sulfide) groups is 1. The summed E-state index contributed by atoms with van der Waals surface area (Å²) in [6.45, 7) is 4.21. The van der Waals surface area contributed by atoms with Gasteiger partial charge in [-0.15, -0.1) is 0 Å². The summed E-state index contributed by atoms with van der Waals surface area (Å²) in [6.07, 6.45) is 4.74. The normalized spacial score (nSPS) is 19.7. The van der Waals surface area contributed by atoms with Crippen LogP contribution in [0.25, 0.3) is 22.0 Å². The van der Waals surface area contributed by atoms with Crippen LogP contribution in [0.15, 0.2) is 59.6 Å². The second-order valence-electron chi connectivity index (χ2n) is 8.39. The first-order valence-electron chi connectivity index (χ1n) is 11.1. The average molecular weight is 435 g/mol. The van der Waals surface area contributed by atoms with Crippen molar-refractivity contribution in [1.29, 1.82) is 0 Å². The third-order valence-corrected chi connectivity index (χ3v) is 7.20. The van der Waals surface area contributed by atoms with Gasteiger partial charge in [0.1, 0.15) is 5.75 Å². The van der Waals surface area contributed by atoms with Gasteiger partial charge in [0, 0.05) is 17.5 Å². The number of hydrogen-bond donors (Lipinski definition) is 1. The van der Waals surface area contributed by atoms with Crippen molar-refractivity contribution in [3.63, 3.8) is 0 Å². The van der Waals surface area contributed by atoms with E-state index in [9.17, 15) is 4.79 Å².